The highest BCUT2D eigenvalue weighted by atomic mass is 35.5. The molecule has 0 aliphatic heterocycles. The molecule has 12 heavy (non-hydrogen) atoms. The second-order valence-electron chi connectivity index (χ2n) is 2.25. The van der Waals surface area contributed by atoms with E-state index in [-0.39, 0.29) is 5.84 Å². The van der Waals surface area contributed by atoms with Crippen molar-refractivity contribution in [3.8, 4) is 0 Å². The third-order valence-corrected chi connectivity index (χ3v) is 1.90. The summed E-state index contributed by atoms with van der Waals surface area (Å²) < 4.78 is 0. The highest BCUT2D eigenvalue weighted by molar-refractivity contribution is 6.31. The molecule has 0 saturated heterocycles. The van der Waals surface area contributed by atoms with E-state index in [0.717, 1.165) is 0 Å². The molecule has 0 aliphatic carbocycles. The molecule has 64 valence electrons. The maximum absolute atomic E-state index is 8.38. The quantitative estimate of drug-likeness (QED) is 0.298. The van der Waals surface area contributed by atoms with Crippen LogP contribution in [0.4, 0.5) is 0 Å². The Morgan fingerprint density at radius 2 is 2.42 bits per heavy atom. The number of halogens is 1. The van der Waals surface area contributed by atoms with Gasteiger partial charge in [0.25, 0.3) is 0 Å². The normalized spacial score (nSPS) is 11.7. The highest BCUT2D eigenvalue weighted by Gasteiger charge is 2.06. The number of aromatic nitrogens is 1. The van der Waals surface area contributed by atoms with Crippen molar-refractivity contribution in [1.29, 1.82) is 0 Å². The Balaban J connectivity index is 3.26. The summed E-state index contributed by atoms with van der Waals surface area (Å²) in [5, 5.41) is 11.8. The zero-order valence-electron chi connectivity index (χ0n) is 6.45. The van der Waals surface area contributed by atoms with Gasteiger partial charge in [-0.05, 0) is 18.6 Å². The van der Waals surface area contributed by atoms with Gasteiger partial charge in [-0.25, -0.2) is 0 Å². The molecular weight excluding hydrogens is 178 g/mol. The van der Waals surface area contributed by atoms with Crippen LogP contribution in [-0.4, -0.2) is 16.0 Å². The van der Waals surface area contributed by atoms with E-state index in [2.05, 4.69) is 10.1 Å². The van der Waals surface area contributed by atoms with Gasteiger partial charge in [-0.15, -0.1) is 0 Å². The Labute approximate surface area is 74.7 Å². The van der Waals surface area contributed by atoms with E-state index >= 15 is 0 Å². The summed E-state index contributed by atoms with van der Waals surface area (Å²) in [7, 11) is 0. The fraction of sp³-hybridized carbons (Fsp3) is 0.143. The molecule has 0 aromatic carbocycles. The smallest absolute Gasteiger partial charge is 0.189 e. The lowest BCUT2D eigenvalue weighted by molar-refractivity contribution is 0.318. The Kier molecular flexibility index (Phi) is 2.50. The number of pyridine rings is 1. The zero-order chi connectivity index (χ0) is 9.14. The summed E-state index contributed by atoms with van der Waals surface area (Å²) in [6.45, 7) is 1.75. The average Bonchev–Trinajstić information content (AvgIpc) is 2.08. The van der Waals surface area contributed by atoms with Crippen LogP contribution in [0, 0.1) is 6.92 Å². The van der Waals surface area contributed by atoms with Crippen molar-refractivity contribution in [3.05, 3.63) is 28.5 Å². The van der Waals surface area contributed by atoms with Gasteiger partial charge in [0.05, 0.1) is 0 Å². The first-order chi connectivity index (χ1) is 5.66. The Hall–Kier alpha value is -1.29. The number of hydrogen-bond donors (Lipinski definition) is 2. The van der Waals surface area contributed by atoms with Gasteiger partial charge in [0.15, 0.2) is 5.84 Å². The molecule has 0 atom stereocenters. The predicted molar refractivity (Wildman–Crippen MR) is 46.5 cm³/mol. The largest absolute Gasteiger partial charge is 0.409 e. The van der Waals surface area contributed by atoms with E-state index in [1.165, 1.54) is 6.20 Å². The predicted octanol–water partition coefficient (Wildman–Crippen LogP) is 1.14. The topological polar surface area (TPSA) is 71.5 Å². The lowest BCUT2D eigenvalue weighted by Crippen LogP contribution is -2.16. The number of rotatable bonds is 1. The van der Waals surface area contributed by atoms with Crippen molar-refractivity contribution >= 4 is 17.4 Å². The number of hydrogen-bond acceptors (Lipinski definition) is 3. The summed E-state index contributed by atoms with van der Waals surface area (Å²) in [5.74, 6) is -0.0324. The molecule has 0 amide bonds. The van der Waals surface area contributed by atoms with E-state index in [1.54, 1.807) is 13.0 Å². The van der Waals surface area contributed by atoms with Gasteiger partial charge in [0.1, 0.15) is 5.69 Å². The SMILES string of the molecule is Cc1c(Cl)ccnc1C(N)=NO. The standard InChI is InChI=1S/C7H8ClN3O/c1-4-5(8)2-3-10-6(4)7(9)11-12/h2-3,12H,1H3,(H2,9,11). The third kappa shape index (κ3) is 1.48. The van der Waals surface area contributed by atoms with Crippen molar-refractivity contribution < 1.29 is 5.21 Å². The van der Waals surface area contributed by atoms with Gasteiger partial charge in [0.2, 0.25) is 0 Å². The number of amidine groups is 1. The molecule has 1 rings (SSSR count). The molecule has 4 nitrogen and oxygen atoms in total. The average molecular weight is 186 g/mol. The lowest BCUT2D eigenvalue weighted by atomic mass is 10.2. The van der Waals surface area contributed by atoms with Gasteiger partial charge in [-0.3, -0.25) is 4.98 Å². The molecule has 0 aliphatic rings. The van der Waals surface area contributed by atoms with Crippen LogP contribution in [0.3, 0.4) is 0 Å². The molecule has 0 unspecified atom stereocenters. The molecule has 3 N–H and O–H groups in total. The molecule has 1 heterocycles. The molecule has 0 bridgehead atoms. The van der Waals surface area contributed by atoms with E-state index < -0.39 is 0 Å². The number of oxime groups is 1. The van der Waals surface area contributed by atoms with Gasteiger partial charge >= 0.3 is 0 Å². The summed E-state index contributed by atoms with van der Waals surface area (Å²) in [6.07, 6.45) is 1.50. The van der Waals surface area contributed by atoms with Gasteiger partial charge in [0, 0.05) is 11.2 Å². The summed E-state index contributed by atoms with van der Waals surface area (Å²) in [5.41, 5.74) is 6.45. The first-order valence-electron chi connectivity index (χ1n) is 3.26. The van der Waals surface area contributed by atoms with Gasteiger partial charge < -0.3 is 10.9 Å². The third-order valence-electron chi connectivity index (χ3n) is 1.49. The van der Waals surface area contributed by atoms with Crippen LogP contribution in [0.1, 0.15) is 11.3 Å². The van der Waals surface area contributed by atoms with E-state index in [4.69, 9.17) is 22.5 Å². The van der Waals surface area contributed by atoms with Crippen LogP contribution in [0.25, 0.3) is 0 Å². The van der Waals surface area contributed by atoms with Crippen LogP contribution >= 0.6 is 11.6 Å². The molecule has 1 aromatic rings. The highest BCUT2D eigenvalue weighted by Crippen LogP contribution is 2.15. The van der Waals surface area contributed by atoms with Crippen molar-refractivity contribution in [2.45, 2.75) is 6.92 Å². The van der Waals surface area contributed by atoms with Crippen LogP contribution < -0.4 is 5.73 Å². The first-order valence-corrected chi connectivity index (χ1v) is 3.63. The Morgan fingerprint density at radius 1 is 1.75 bits per heavy atom. The molecule has 0 radical (unpaired) electrons. The fourth-order valence-corrected chi connectivity index (χ4v) is 0.964. The number of nitrogens with zero attached hydrogens (tertiary/aromatic N) is 2. The summed E-state index contributed by atoms with van der Waals surface area (Å²) >= 11 is 5.78. The van der Waals surface area contributed by atoms with Crippen molar-refractivity contribution in [2.24, 2.45) is 10.9 Å². The van der Waals surface area contributed by atoms with Crippen molar-refractivity contribution in [2.75, 3.05) is 0 Å². The zero-order valence-corrected chi connectivity index (χ0v) is 7.21. The lowest BCUT2D eigenvalue weighted by Gasteiger charge is -2.02. The van der Waals surface area contributed by atoms with Gasteiger partial charge in [-0.2, -0.15) is 0 Å². The maximum atomic E-state index is 8.38. The molecular formula is C7H8ClN3O. The second-order valence-corrected chi connectivity index (χ2v) is 2.66. The summed E-state index contributed by atoms with van der Waals surface area (Å²) in [6, 6.07) is 1.64. The molecule has 0 fully saturated rings. The molecule has 0 spiro atoms. The van der Waals surface area contributed by atoms with Crippen molar-refractivity contribution in [3.63, 3.8) is 0 Å². The maximum Gasteiger partial charge on any atom is 0.189 e. The van der Waals surface area contributed by atoms with Crippen molar-refractivity contribution in [1.82, 2.24) is 4.98 Å². The molecule has 1 aromatic heterocycles. The minimum atomic E-state index is -0.0324. The van der Waals surface area contributed by atoms with E-state index in [1.807, 2.05) is 0 Å². The van der Waals surface area contributed by atoms with E-state index in [0.29, 0.717) is 16.3 Å². The van der Waals surface area contributed by atoms with Crippen LogP contribution in [0.5, 0.6) is 0 Å². The summed E-state index contributed by atoms with van der Waals surface area (Å²) in [4.78, 5) is 3.91. The first kappa shape index (κ1) is 8.80. The Morgan fingerprint density at radius 3 is 3.00 bits per heavy atom. The molecule has 0 saturated carbocycles. The van der Waals surface area contributed by atoms with Crippen LogP contribution in [0.2, 0.25) is 5.02 Å². The second kappa shape index (κ2) is 3.40. The monoisotopic (exact) mass is 185 g/mol. The van der Waals surface area contributed by atoms with Crippen LogP contribution in [-0.2, 0) is 0 Å². The minimum absolute atomic E-state index is 0.0324. The fourth-order valence-electron chi connectivity index (χ4n) is 0.818. The molecule has 5 heteroatoms. The van der Waals surface area contributed by atoms with E-state index in [9.17, 15) is 0 Å². The van der Waals surface area contributed by atoms with Crippen LogP contribution in [0.15, 0.2) is 17.4 Å². The number of nitrogens with two attached hydrogens (primary N) is 1. The van der Waals surface area contributed by atoms with Gasteiger partial charge in [-0.1, -0.05) is 16.8 Å². The minimum Gasteiger partial charge on any atom is -0.409 e. The Bertz CT molecular complexity index is 324.